The second kappa shape index (κ2) is 7.44. The van der Waals surface area contributed by atoms with Gasteiger partial charge in [0.15, 0.2) is 0 Å². The Hall–Kier alpha value is -2.41. The number of benzene rings is 2. The Morgan fingerprint density at radius 3 is 2.42 bits per heavy atom. The van der Waals surface area contributed by atoms with Crippen molar-refractivity contribution in [1.29, 1.82) is 0 Å². The maximum absolute atomic E-state index is 12.8. The molecule has 0 bridgehead atoms. The van der Waals surface area contributed by atoms with Gasteiger partial charge >= 0.3 is 0 Å². The molecular formula is C17H19FN2O3S. The summed E-state index contributed by atoms with van der Waals surface area (Å²) in [6, 6.07) is 10.9. The number of hydrogen-bond acceptors (Lipinski definition) is 3. The molecule has 2 rings (SSSR count). The molecule has 2 aromatic carbocycles. The van der Waals surface area contributed by atoms with Gasteiger partial charge < -0.3 is 5.32 Å². The van der Waals surface area contributed by atoms with Crippen LogP contribution in [-0.4, -0.2) is 27.1 Å². The number of amides is 1. The fourth-order valence-electron chi connectivity index (χ4n) is 2.15. The molecule has 2 N–H and O–H groups in total. The first-order valence-electron chi connectivity index (χ1n) is 7.36. The van der Waals surface area contributed by atoms with Crippen molar-refractivity contribution in [2.45, 2.75) is 13.3 Å². The minimum absolute atomic E-state index is 0.298. The van der Waals surface area contributed by atoms with E-state index < -0.39 is 10.0 Å². The highest BCUT2D eigenvalue weighted by molar-refractivity contribution is 7.92. The lowest BCUT2D eigenvalue weighted by Gasteiger charge is -2.10. The van der Waals surface area contributed by atoms with Gasteiger partial charge in [0.2, 0.25) is 10.0 Å². The van der Waals surface area contributed by atoms with Gasteiger partial charge in [-0.05, 0) is 48.7 Å². The lowest BCUT2D eigenvalue weighted by Crippen LogP contribution is -2.26. The van der Waals surface area contributed by atoms with Crippen LogP contribution < -0.4 is 10.0 Å². The number of rotatable bonds is 6. The zero-order chi connectivity index (χ0) is 17.7. The summed E-state index contributed by atoms with van der Waals surface area (Å²) in [4.78, 5) is 12.2. The van der Waals surface area contributed by atoms with Crippen LogP contribution in [-0.2, 0) is 16.4 Å². The first-order valence-corrected chi connectivity index (χ1v) is 9.25. The van der Waals surface area contributed by atoms with Gasteiger partial charge in [0.1, 0.15) is 5.82 Å². The van der Waals surface area contributed by atoms with E-state index in [1.165, 1.54) is 18.2 Å². The van der Waals surface area contributed by atoms with Crippen LogP contribution in [0.25, 0.3) is 0 Å². The van der Waals surface area contributed by atoms with Gasteiger partial charge in [0.25, 0.3) is 5.91 Å². The molecule has 5 nitrogen and oxygen atoms in total. The van der Waals surface area contributed by atoms with E-state index in [9.17, 15) is 17.6 Å². The van der Waals surface area contributed by atoms with E-state index in [4.69, 9.17) is 0 Å². The third-order valence-electron chi connectivity index (χ3n) is 3.41. The Morgan fingerprint density at radius 2 is 1.79 bits per heavy atom. The third kappa shape index (κ3) is 5.34. The van der Waals surface area contributed by atoms with Crippen molar-refractivity contribution >= 4 is 21.6 Å². The Balaban J connectivity index is 1.99. The van der Waals surface area contributed by atoms with E-state index in [1.54, 1.807) is 31.2 Å². The van der Waals surface area contributed by atoms with Gasteiger partial charge in [-0.1, -0.05) is 18.2 Å². The highest BCUT2D eigenvalue weighted by Crippen LogP contribution is 2.18. The van der Waals surface area contributed by atoms with Gasteiger partial charge in [-0.3, -0.25) is 9.52 Å². The van der Waals surface area contributed by atoms with Gasteiger partial charge in [0, 0.05) is 12.1 Å². The van der Waals surface area contributed by atoms with Crippen molar-refractivity contribution in [3.8, 4) is 0 Å². The van der Waals surface area contributed by atoms with E-state index in [2.05, 4.69) is 10.0 Å². The van der Waals surface area contributed by atoms with Crippen LogP contribution in [0.5, 0.6) is 0 Å². The first kappa shape index (κ1) is 17.9. The third-order valence-corrected chi connectivity index (χ3v) is 4.00. The van der Waals surface area contributed by atoms with E-state index in [-0.39, 0.29) is 11.7 Å². The Kier molecular flexibility index (Phi) is 5.56. The zero-order valence-electron chi connectivity index (χ0n) is 13.5. The Morgan fingerprint density at radius 1 is 1.12 bits per heavy atom. The normalized spacial score (nSPS) is 11.1. The van der Waals surface area contributed by atoms with Crippen LogP contribution in [0.15, 0.2) is 42.5 Å². The van der Waals surface area contributed by atoms with Crippen molar-refractivity contribution in [3.05, 3.63) is 65.0 Å². The summed E-state index contributed by atoms with van der Waals surface area (Å²) in [5.74, 6) is -0.595. The van der Waals surface area contributed by atoms with Crippen molar-refractivity contribution in [1.82, 2.24) is 5.32 Å². The number of halogens is 1. The topological polar surface area (TPSA) is 75.3 Å². The van der Waals surface area contributed by atoms with E-state index in [0.717, 1.165) is 17.4 Å². The monoisotopic (exact) mass is 350 g/mol. The molecule has 128 valence electrons. The van der Waals surface area contributed by atoms with Gasteiger partial charge in [-0.15, -0.1) is 0 Å². The number of hydrogen-bond donors (Lipinski definition) is 2. The summed E-state index contributed by atoms with van der Waals surface area (Å²) in [6.07, 6.45) is 1.63. The Labute approximate surface area is 141 Å². The second-order valence-electron chi connectivity index (χ2n) is 5.54. The molecule has 0 aliphatic carbocycles. The molecule has 1 amide bonds. The summed E-state index contributed by atoms with van der Waals surface area (Å²) in [7, 11) is -3.41. The minimum atomic E-state index is -3.41. The average Bonchev–Trinajstić information content (AvgIpc) is 2.50. The molecule has 0 aromatic heterocycles. The summed E-state index contributed by atoms with van der Waals surface area (Å²) < 4.78 is 37.9. The largest absolute Gasteiger partial charge is 0.352 e. The maximum Gasteiger partial charge on any atom is 0.251 e. The second-order valence-corrected chi connectivity index (χ2v) is 7.28. The molecule has 2 aromatic rings. The fraction of sp³-hybridized carbons (Fsp3) is 0.235. The molecule has 24 heavy (non-hydrogen) atoms. The van der Waals surface area contributed by atoms with Crippen LogP contribution in [0.4, 0.5) is 10.1 Å². The average molecular weight is 350 g/mol. The number of sulfonamides is 1. The lowest BCUT2D eigenvalue weighted by atomic mass is 10.1. The molecule has 0 spiro atoms. The van der Waals surface area contributed by atoms with E-state index >= 15 is 0 Å². The molecule has 0 aliphatic rings. The van der Waals surface area contributed by atoms with Gasteiger partial charge in [-0.25, -0.2) is 12.8 Å². The predicted molar refractivity (Wildman–Crippen MR) is 92.1 cm³/mol. The molecule has 0 heterocycles. The highest BCUT2D eigenvalue weighted by Gasteiger charge is 2.10. The molecule has 0 aliphatic heterocycles. The number of nitrogens with one attached hydrogen (secondary N) is 2. The van der Waals surface area contributed by atoms with Crippen molar-refractivity contribution in [2.75, 3.05) is 17.5 Å². The molecule has 0 saturated heterocycles. The summed E-state index contributed by atoms with van der Waals surface area (Å²) in [5.41, 5.74) is 2.39. The lowest BCUT2D eigenvalue weighted by molar-refractivity contribution is 0.0954. The molecular weight excluding hydrogens is 331 g/mol. The molecule has 0 radical (unpaired) electrons. The molecule has 0 atom stereocenters. The minimum Gasteiger partial charge on any atom is -0.352 e. The molecule has 7 heteroatoms. The van der Waals surface area contributed by atoms with Gasteiger partial charge in [-0.2, -0.15) is 0 Å². The van der Waals surface area contributed by atoms with Crippen LogP contribution in [0.2, 0.25) is 0 Å². The van der Waals surface area contributed by atoms with E-state index in [1.807, 2.05) is 0 Å². The number of anilines is 1. The summed E-state index contributed by atoms with van der Waals surface area (Å²) >= 11 is 0. The fourth-order valence-corrected chi connectivity index (χ4v) is 2.77. The maximum atomic E-state index is 12.8. The summed E-state index contributed by atoms with van der Waals surface area (Å²) in [6.45, 7) is 2.15. The van der Waals surface area contributed by atoms with Crippen LogP contribution in [0.3, 0.4) is 0 Å². The van der Waals surface area contributed by atoms with E-state index in [0.29, 0.717) is 24.2 Å². The first-order chi connectivity index (χ1) is 11.2. The predicted octanol–water partition coefficient (Wildman–Crippen LogP) is 2.48. The number of carbonyl (C=O) groups excluding carboxylic acids is 1. The standard InChI is InChI=1S/C17H19FN2O3S/c1-12-3-6-14(11-16(12)20-24(2,22)23)17(21)19-10-9-13-4-7-15(18)8-5-13/h3-8,11,20H,9-10H2,1-2H3,(H,19,21). The number of carbonyl (C=O) groups is 1. The zero-order valence-corrected chi connectivity index (χ0v) is 14.3. The molecule has 0 unspecified atom stereocenters. The SMILES string of the molecule is Cc1ccc(C(=O)NCCc2ccc(F)cc2)cc1NS(C)(=O)=O. The van der Waals surface area contributed by atoms with Crippen LogP contribution >= 0.6 is 0 Å². The van der Waals surface area contributed by atoms with Gasteiger partial charge in [0.05, 0.1) is 11.9 Å². The Bertz CT molecular complexity index is 833. The van der Waals surface area contributed by atoms with Crippen molar-refractivity contribution in [3.63, 3.8) is 0 Å². The molecule has 0 saturated carbocycles. The molecule has 0 fully saturated rings. The summed E-state index contributed by atoms with van der Waals surface area (Å²) in [5, 5.41) is 2.76. The van der Waals surface area contributed by atoms with Crippen molar-refractivity contribution in [2.24, 2.45) is 0 Å². The number of aryl methyl sites for hydroxylation is 1. The van der Waals surface area contributed by atoms with Crippen molar-refractivity contribution < 1.29 is 17.6 Å². The van der Waals surface area contributed by atoms with Crippen LogP contribution in [0.1, 0.15) is 21.5 Å². The van der Waals surface area contributed by atoms with Crippen LogP contribution in [0, 0.1) is 12.7 Å². The smallest absolute Gasteiger partial charge is 0.251 e. The highest BCUT2D eigenvalue weighted by atomic mass is 32.2. The quantitative estimate of drug-likeness (QED) is 0.840.